The number of fused-ring (bicyclic) bond motifs is 1. The average molecular weight is 120 g/mol. The van der Waals surface area contributed by atoms with Crippen LogP contribution in [0.3, 0.4) is 0 Å². The Morgan fingerprint density at radius 3 is 3.00 bits per heavy atom. The molecule has 1 aliphatic heterocycles. The van der Waals surface area contributed by atoms with Crippen LogP contribution in [-0.2, 0) is 0 Å². The number of pyridine rings is 1. The number of aromatic nitrogens is 1. The molecule has 9 heavy (non-hydrogen) atoms. The van der Waals surface area contributed by atoms with Gasteiger partial charge in [-0.2, -0.15) is 0 Å². The zero-order valence-corrected chi connectivity index (χ0v) is 4.59. The minimum Gasteiger partial charge on any atom is -0.306 e. The molecule has 2 heterocycles. The second kappa shape index (κ2) is 1.31. The number of nitrogens with zero attached hydrogens (tertiary/aromatic N) is 1. The van der Waals surface area contributed by atoms with Gasteiger partial charge in [-0.25, -0.2) is 4.98 Å². The Hall–Kier alpha value is -1.38. The fourth-order valence-corrected chi connectivity index (χ4v) is 0.801. The summed E-state index contributed by atoms with van der Waals surface area (Å²) in [5, 5.41) is 2.54. The largest absolute Gasteiger partial charge is 0.306 e. The van der Waals surface area contributed by atoms with Crippen LogP contribution in [-0.4, -0.2) is 10.9 Å². The number of anilines is 1. The lowest BCUT2D eigenvalue weighted by Crippen LogP contribution is -2.25. The van der Waals surface area contributed by atoms with Crippen molar-refractivity contribution in [2.45, 2.75) is 0 Å². The van der Waals surface area contributed by atoms with Crippen molar-refractivity contribution in [2.75, 3.05) is 5.32 Å². The van der Waals surface area contributed by atoms with Crippen molar-refractivity contribution >= 4 is 11.7 Å². The van der Waals surface area contributed by atoms with Crippen LogP contribution in [0, 0.1) is 0 Å². The van der Waals surface area contributed by atoms with Crippen molar-refractivity contribution in [3.63, 3.8) is 0 Å². The summed E-state index contributed by atoms with van der Waals surface area (Å²) in [6.07, 6.45) is 1.65. The first-order chi connectivity index (χ1) is 4.38. The molecule has 44 valence electrons. The van der Waals surface area contributed by atoms with E-state index in [2.05, 4.69) is 10.3 Å². The number of amides is 1. The lowest BCUT2D eigenvalue weighted by atomic mass is 10.1. The molecule has 1 amide bonds. The predicted molar refractivity (Wildman–Crippen MR) is 32.2 cm³/mol. The monoisotopic (exact) mass is 120 g/mol. The molecule has 3 nitrogen and oxygen atoms in total. The minimum absolute atomic E-state index is 0.0295. The van der Waals surface area contributed by atoms with Crippen LogP contribution in [0.5, 0.6) is 0 Å². The van der Waals surface area contributed by atoms with Crippen molar-refractivity contribution in [1.29, 1.82) is 0 Å². The molecule has 0 unspecified atom stereocenters. The van der Waals surface area contributed by atoms with Gasteiger partial charge in [0, 0.05) is 6.20 Å². The van der Waals surface area contributed by atoms with E-state index < -0.39 is 0 Å². The first-order valence-electron chi connectivity index (χ1n) is 2.64. The molecule has 0 bridgehead atoms. The van der Waals surface area contributed by atoms with Gasteiger partial charge in [0.05, 0.1) is 5.56 Å². The molecular formula is C6H4N2O. The SMILES string of the molecule is O=C1Nc2ncccc21. The molecule has 1 aromatic heterocycles. The fourth-order valence-electron chi connectivity index (χ4n) is 0.801. The molecule has 0 spiro atoms. The predicted octanol–water partition coefficient (Wildman–Crippen LogP) is 0.647. The Morgan fingerprint density at radius 1 is 1.56 bits per heavy atom. The van der Waals surface area contributed by atoms with Crippen molar-refractivity contribution in [2.24, 2.45) is 0 Å². The number of carbonyl (C=O) groups is 1. The first kappa shape index (κ1) is 4.49. The third-order valence-corrected chi connectivity index (χ3v) is 1.28. The molecule has 0 radical (unpaired) electrons. The van der Waals surface area contributed by atoms with Gasteiger partial charge in [0.2, 0.25) is 0 Å². The lowest BCUT2D eigenvalue weighted by molar-refractivity contribution is 0.101. The van der Waals surface area contributed by atoms with Crippen molar-refractivity contribution in [3.8, 4) is 0 Å². The number of rotatable bonds is 0. The molecule has 3 heteroatoms. The fraction of sp³-hybridized carbons (Fsp3) is 0. The highest BCUT2D eigenvalue weighted by Gasteiger charge is 2.21. The molecule has 0 aliphatic carbocycles. The molecule has 1 N–H and O–H groups in total. The Kier molecular flexibility index (Phi) is 0.656. The maximum absolute atomic E-state index is 10.6. The van der Waals surface area contributed by atoms with Crippen LogP contribution in [0.15, 0.2) is 18.3 Å². The first-order valence-corrected chi connectivity index (χ1v) is 2.64. The van der Waals surface area contributed by atoms with E-state index in [9.17, 15) is 4.79 Å². The number of nitrogens with one attached hydrogen (secondary N) is 1. The summed E-state index contributed by atoms with van der Waals surface area (Å²) >= 11 is 0. The molecule has 0 aromatic carbocycles. The van der Waals surface area contributed by atoms with Crippen LogP contribution in [0.2, 0.25) is 0 Å². The highest BCUT2D eigenvalue weighted by atomic mass is 16.2. The van der Waals surface area contributed by atoms with Gasteiger partial charge in [0.25, 0.3) is 5.91 Å². The van der Waals surface area contributed by atoms with Gasteiger partial charge in [-0.1, -0.05) is 0 Å². The van der Waals surface area contributed by atoms with Crippen molar-refractivity contribution < 1.29 is 4.79 Å². The molecule has 0 saturated heterocycles. The smallest absolute Gasteiger partial charge is 0.260 e. The van der Waals surface area contributed by atoms with E-state index in [1.807, 2.05) is 0 Å². The summed E-state index contributed by atoms with van der Waals surface area (Å²) in [7, 11) is 0. The Morgan fingerprint density at radius 2 is 2.44 bits per heavy atom. The van der Waals surface area contributed by atoms with Gasteiger partial charge in [0.15, 0.2) is 0 Å². The van der Waals surface area contributed by atoms with Crippen LogP contribution < -0.4 is 5.32 Å². The second-order valence-electron chi connectivity index (χ2n) is 1.85. The third-order valence-electron chi connectivity index (χ3n) is 1.28. The zero-order chi connectivity index (χ0) is 6.27. The van der Waals surface area contributed by atoms with Gasteiger partial charge >= 0.3 is 0 Å². The van der Waals surface area contributed by atoms with Crippen LogP contribution in [0.25, 0.3) is 0 Å². The van der Waals surface area contributed by atoms with Crippen molar-refractivity contribution in [1.82, 2.24) is 4.98 Å². The molecular weight excluding hydrogens is 116 g/mol. The van der Waals surface area contributed by atoms with E-state index in [0.717, 1.165) is 0 Å². The van der Waals surface area contributed by atoms with E-state index >= 15 is 0 Å². The second-order valence-corrected chi connectivity index (χ2v) is 1.85. The molecule has 0 atom stereocenters. The third kappa shape index (κ3) is 0.455. The topological polar surface area (TPSA) is 42.0 Å². The Labute approximate surface area is 51.7 Å². The van der Waals surface area contributed by atoms with Gasteiger partial charge in [-0.15, -0.1) is 0 Å². The van der Waals surface area contributed by atoms with E-state index in [1.54, 1.807) is 18.3 Å². The summed E-state index contributed by atoms with van der Waals surface area (Å²) in [4.78, 5) is 14.5. The number of carbonyl (C=O) groups excluding carboxylic acids is 1. The number of hydrogen-bond donors (Lipinski definition) is 1. The summed E-state index contributed by atoms with van der Waals surface area (Å²) < 4.78 is 0. The molecule has 0 fully saturated rings. The summed E-state index contributed by atoms with van der Waals surface area (Å²) in [5.41, 5.74) is 0.692. The van der Waals surface area contributed by atoms with Gasteiger partial charge in [-0.05, 0) is 12.1 Å². The highest BCUT2D eigenvalue weighted by Crippen LogP contribution is 2.20. The average Bonchev–Trinajstić information content (AvgIpc) is 1.86. The van der Waals surface area contributed by atoms with E-state index in [1.165, 1.54) is 0 Å². The lowest BCUT2D eigenvalue weighted by Gasteiger charge is -2.15. The van der Waals surface area contributed by atoms with Gasteiger partial charge in [0.1, 0.15) is 5.82 Å². The Balaban J connectivity index is 2.63. The standard InChI is InChI=1S/C6H4N2O/c9-6-4-2-1-3-7-5(4)8-6/h1-3H,(H,7,8,9). The highest BCUT2D eigenvalue weighted by molar-refractivity contribution is 6.16. The normalized spacial score (nSPS) is 13.6. The van der Waals surface area contributed by atoms with Gasteiger partial charge in [-0.3, -0.25) is 4.79 Å². The summed E-state index contributed by atoms with van der Waals surface area (Å²) in [6.45, 7) is 0. The van der Waals surface area contributed by atoms with E-state index in [4.69, 9.17) is 0 Å². The van der Waals surface area contributed by atoms with Crippen LogP contribution in [0.4, 0.5) is 5.82 Å². The number of hydrogen-bond acceptors (Lipinski definition) is 2. The van der Waals surface area contributed by atoms with Crippen LogP contribution >= 0.6 is 0 Å². The molecule has 1 aliphatic rings. The minimum atomic E-state index is -0.0295. The Bertz CT molecular complexity index is 270. The maximum Gasteiger partial charge on any atom is 0.260 e. The zero-order valence-electron chi connectivity index (χ0n) is 4.59. The molecule has 0 saturated carbocycles. The van der Waals surface area contributed by atoms with Crippen molar-refractivity contribution in [3.05, 3.63) is 23.9 Å². The summed E-state index contributed by atoms with van der Waals surface area (Å²) in [5.74, 6) is 0.667. The van der Waals surface area contributed by atoms with Crippen LogP contribution in [0.1, 0.15) is 10.4 Å². The van der Waals surface area contributed by atoms with E-state index in [-0.39, 0.29) is 5.91 Å². The summed E-state index contributed by atoms with van der Waals surface area (Å²) in [6, 6.07) is 3.50. The van der Waals surface area contributed by atoms with Gasteiger partial charge < -0.3 is 5.32 Å². The van der Waals surface area contributed by atoms with E-state index in [0.29, 0.717) is 11.4 Å². The molecule has 1 aromatic rings. The molecule has 2 rings (SSSR count). The quantitative estimate of drug-likeness (QED) is 0.546. The maximum atomic E-state index is 10.6.